The minimum atomic E-state index is -1.73. The summed E-state index contributed by atoms with van der Waals surface area (Å²) >= 11 is 0. The lowest BCUT2D eigenvalue weighted by Crippen LogP contribution is -2.58. The molecule has 4 amide bonds. The molecule has 0 aromatic heterocycles. The molecule has 14 nitrogen and oxygen atoms in total. The Morgan fingerprint density at radius 3 is 1.89 bits per heavy atom. The lowest BCUT2D eigenvalue weighted by Gasteiger charge is -2.24. The molecule has 0 aliphatic carbocycles. The molecule has 14 heteroatoms. The van der Waals surface area contributed by atoms with Gasteiger partial charge in [-0.15, -0.1) is 0 Å². The monoisotopic (exact) mass is 522 g/mol. The minimum Gasteiger partial charge on any atom is -0.481 e. The fraction of sp³-hybridized carbons (Fsp3) is 0.478. The number of amides is 4. The molecule has 0 heterocycles. The average molecular weight is 523 g/mol. The van der Waals surface area contributed by atoms with E-state index in [2.05, 4.69) is 10.6 Å². The molecule has 1 aromatic rings. The van der Waals surface area contributed by atoms with E-state index in [0.29, 0.717) is 31.4 Å². The molecular weight excluding hydrogens is 488 g/mol. The van der Waals surface area contributed by atoms with Crippen molar-refractivity contribution >= 4 is 35.6 Å². The molecule has 0 aliphatic heterocycles. The number of carboxylic acids is 2. The molecule has 204 valence electrons. The van der Waals surface area contributed by atoms with E-state index in [1.54, 1.807) is 30.3 Å². The van der Waals surface area contributed by atoms with Crippen molar-refractivity contribution in [2.75, 3.05) is 6.54 Å². The van der Waals surface area contributed by atoms with E-state index in [1.165, 1.54) is 0 Å². The van der Waals surface area contributed by atoms with Crippen LogP contribution in [0.4, 0.5) is 0 Å². The first-order valence-electron chi connectivity index (χ1n) is 11.6. The van der Waals surface area contributed by atoms with Crippen molar-refractivity contribution in [1.29, 1.82) is 0 Å². The predicted molar refractivity (Wildman–Crippen MR) is 131 cm³/mol. The predicted octanol–water partition coefficient (Wildman–Crippen LogP) is -2.43. The van der Waals surface area contributed by atoms with Gasteiger partial charge >= 0.3 is 11.9 Å². The number of carbonyl (C=O) groups excluding carboxylic acids is 4. The molecule has 0 saturated carbocycles. The van der Waals surface area contributed by atoms with Gasteiger partial charge in [0.2, 0.25) is 23.6 Å². The number of primary amides is 1. The maximum atomic E-state index is 13.1. The number of carbonyl (C=O) groups is 6. The summed E-state index contributed by atoms with van der Waals surface area (Å²) in [5.74, 6) is -6.74. The molecule has 4 atom stereocenters. The minimum absolute atomic E-state index is 0.00519. The van der Waals surface area contributed by atoms with Crippen LogP contribution in [0.25, 0.3) is 0 Å². The Kier molecular flexibility index (Phi) is 13.3. The average Bonchev–Trinajstić information content (AvgIpc) is 2.82. The lowest BCUT2D eigenvalue weighted by atomic mass is 10.0. The van der Waals surface area contributed by atoms with Crippen molar-refractivity contribution in [2.45, 2.75) is 62.7 Å². The van der Waals surface area contributed by atoms with Crippen molar-refractivity contribution in [3.05, 3.63) is 35.9 Å². The van der Waals surface area contributed by atoms with Crippen LogP contribution in [0.2, 0.25) is 0 Å². The fourth-order valence-electron chi connectivity index (χ4n) is 3.31. The van der Waals surface area contributed by atoms with Crippen molar-refractivity contribution < 1.29 is 39.0 Å². The molecule has 0 saturated heterocycles. The highest BCUT2D eigenvalue weighted by atomic mass is 16.4. The largest absolute Gasteiger partial charge is 0.481 e. The molecule has 0 aliphatic rings. The first-order chi connectivity index (χ1) is 17.4. The van der Waals surface area contributed by atoms with Gasteiger partial charge in [0.25, 0.3) is 0 Å². The van der Waals surface area contributed by atoms with E-state index in [1.807, 2.05) is 5.32 Å². The second-order valence-corrected chi connectivity index (χ2v) is 8.37. The highest BCUT2D eigenvalue weighted by Gasteiger charge is 2.32. The van der Waals surface area contributed by atoms with Gasteiger partial charge in [-0.05, 0) is 24.9 Å². The number of hydrogen-bond acceptors (Lipinski definition) is 8. The van der Waals surface area contributed by atoms with Crippen LogP contribution in [0.15, 0.2) is 30.3 Å². The molecule has 0 fully saturated rings. The van der Waals surface area contributed by atoms with E-state index in [0.717, 1.165) is 0 Å². The Balaban J connectivity index is 3.08. The number of nitrogens with two attached hydrogens (primary N) is 3. The summed E-state index contributed by atoms with van der Waals surface area (Å²) in [5.41, 5.74) is 17.0. The fourth-order valence-corrected chi connectivity index (χ4v) is 3.31. The van der Waals surface area contributed by atoms with Crippen LogP contribution in [0, 0.1) is 0 Å². The topological polar surface area (TPSA) is 257 Å². The Bertz CT molecular complexity index is 958. The molecule has 1 rings (SSSR count). The van der Waals surface area contributed by atoms with Gasteiger partial charge in [0.05, 0.1) is 18.9 Å². The van der Waals surface area contributed by atoms with Gasteiger partial charge < -0.3 is 43.4 Å². The maximum absolute atomic E-state index is 13.1. The third-order valence-corrected chi connectivity index (χ3v) is 5.25. The second-order valence-electron chi connectivity index (χ2n) is 8.37. The van der Waals surface area contributed by atoms with Crippen LogP contribution in [0.1, 0.15) is 37.7 Å². The zero-order chi connectivity index (χ0) is 28.0. The number of rotatable bonds is 17. The zero-order valence-electron chi connectivity index (χ0n) is 20.2. The molecule has 1 aromatic carbocycles. The summed E-state index contributed by atoms with van der Waals surface area (Å²) in [7, 11) is 0. The smallest absolute Gasteiger partial charge is 0.326 e. The molecule has 0 radical (unpaired) electrons. The number of unbranched alkanes of at least 4 members (excludes halogenated alkanes) is 1. The van der Waals surface area contributed by atoms with Crippen LogP contribution in [0.3, 0.4) is 0 Å². The zero-order valence-corrected chi connectivity index (χ0v) is 20.2. The summed E-state index contributed by atoms with van der Waals surface area (Å²) in [4.78, 5) is 72.2. The van der Waals surface area contributed by atoms with Gasteiger partial charge in [0.15, 0.2) is 0 Å². The van der Waals surface area contributed by atoms with Gasteiger partial charge in [-0.3, -0.25) is 24.0 Å². The van der Waals surface area contributed by atoms with Crippen molar-refractivity contribution in [3.8, 4) is 0 Å². The van der Waals surface area contributed by atoms with Crippen LogP contribution in [-0.4, -0.2) is 76.5 Å². The molecular formula is C23H34N6O8. The summed E-state index contributed by atoms with van der Waals surface area (Å²) < 4.78 is 0. The molecule has 11 N–H and O–H groups in total. The maximum Gasteiger partial charge on any atom is 0.326 e. The Morgan fingerprint density at radius 1 is 0.784 bits per heavy atom. The van der Waals surface area contributed by atoms with Gasteiger partial charge in [0, 0.05) is 6.42 Å². The number of aliphatic carboxylic acids is 2. The Morgan fingerprint density at radius 2 is 1.35 bits per heavy atom. The van der Waals surface area contributed by atoms with Gasteiger partial charge in [0.1, 0.15) is 18.1 Å². The van der Waals surface area contributed by atoms with Crippen LogP contribution < -0.4 is 33.2 Å². The third-order valence-electron chi connectivity index (χ3n) is 5.25. The molecule has 0 spiro atoms. The molecule has 0 bridgehead atoms. The SMILES string of the molecule is NCCCCC(N)C(=O)NC(Cc1ccccc1)C(=O)NC(CC(=O)O)C(=O)NC(CC(N)=O)C(=O)O. The Labute approximate surface area is 213 Å². The highest BCUT2D eigenvalue weighted by Crippen LogP contribution is 2.07. The van der Waals surface area contributed by atoms with E-state index in [9.17, 15) is 39.0 Å². The number of hydrogen-bond donors (Lipinski definition) is 8. The number of carboxylic acid groups (broad SMARTS) is 2. The quantitative estimate of drug-likeness (QED) is 0.100. The summed E-state index contributed by atoms with van der Waals surface area (Å²) in [6.45, 7) is 0.433. The van der Waals surface area contributed by atoms with Crippen molar-refractivity contribution in [1.82, 2.24) is 16.0 Å². The van der Waals surface area contributed by atoms with Crippen LogP contribution in [-0.2, 0) is 35.2 Å². The van der Waals surface area contributed by atoms with E-state index in [-0.39, 0.29) is 6.42 Å². The van der Waals surface area contributed by atoms with E-state index in [4.69, 9.17) is 17.2 Å². The van der Waals surface area contributed by atoms with E-state index >= 15 is 0 Å². The number of nitrogens with one attached hydrogen (secondary N) is 3. The first-order valence-corrected chi connectivity index (χ1v) is 11.6. The summed E-state index contributed by atoms with van der Waals surface area (Å²) in [5, 5.41) is 25.2. The van der Waals surface area contributed by atoms with Crippen LogP contribution in [0.5, 0.6) is 0 Å². The van der Waals surface area contributed by atoms with Gasteiger partial charge in [-0.1, -0.05) is 36.8 Å². The molecule has 37 heavy (non-hydrogen) atoms. The van der Waals surface area contributed by atoms with Crippen molar-refractivity contribution in [3.63, 3.8) is 0 Å². The first kappa shape index (κ1) is 31.0. The number of benzene rings is 1. The summed E-state index contributed by atoms with van der Waals surface area (Å²) in [6, 6.07) is 2.99. The standard InChI is InChI=1S/C23H34N6O8/c24-9-5-4-8-14(25)20(33)27-15(10-13-6-2-1-3-7-13)21(34)28-16(12-19(31)32)22(35)29-17(23(36)37)11-18(26)30/h1-3,6-7,14-17H,4-5,8-12,24-25H2,(H2,26,30)(H,27,33)(H,28,34)(H,29,35)(H,31,32)(H,36,37). The third kappa shape index (κ3) is 12.0. The molecule has 4 unspecified atom stereocenters. The van der Waals surface area contributed by atoms with Crippen molar-refractivity contribution in [2.24, 2.45) is 17.2 Å². The Hall–Kier alpha value is -4.04. The second kappa shape index (κ2) is 15.9. The highest BCUT2D eigenvalue weighted by molar-refractivity contribution is 5.96. The van der Waals surface area contributed by atoms with Crippen LogP contribution >= 0.6 is 0 Å². The van der Waals surface area contributed by atoms with Gasteiger partial charge in [-0.25, -0.2) is 4.79 Å². The normalized spacial score (nSPS) is 13.9. The lowest BCUT2D eigenvalue weighted by molar-refractivity contribution is -0.144. The van der Waals surface area contributed by atoms with E-state index < -0.39 is 72.6 Å². The van der Waals surface area contributed by atoms with Gasteiger partial charge in [-0.2, -0.15) is 0 Å². The summed E-state index contributed by atoms with van der Waals surface area (Å²) in [6.07, 6.45) is -0.0713.